The third kappa shape index (κ3) is 4.29. The van der Waals surface area contributed by atoms with Crippen molar-refractivity contribution in [2.75, 3.05) is 26.3 Å². The van der Waals surface area contributed by atoms with Gasteiger partial charge in [0.25, 0.3) is 0 Å². The second-order valence-electron chi connectivity index (χ2n) is 5.83. The van der Waals surface area contributed by atoms with Gasteiger partial charge in [-0.3, -0.25) is 0 Å². The second-order valence-corrected chi connectivity index (χ2v) is 7.46. The SMILES string of the molecule is O=C1OC(c2ccccc2)=N/C1=C/c1ccc(SC(=S)N2CCOCC2)o1. The topological polar surface area (TPSA) is 64.3 Å². The Morgan fingerprint density at radius 3 is 2.70 bits per heavy atom. The zero-order valence-electron chi connectivity index (χ0n) is 14.3. The summed E-state index contributed by atoms with van der Waals surface area (Å²) in [6.07, 6.45) is 1.57. The van der Waals surface area contributed by atoms with Crippen LogP contribution in [0.3, 0.4) is 0 Å². The Balaban J connectivity index is 1.46. The molecule has 0 aliphatic carbocycles. The van der Waals surface area contributed by atoms with Gasteiger partial charge in [-0.1, -0.05) is 30.4 Å². The summed E-state index contributed by atoms with van der Waals surface area (Å²) in [5, 5.41) is 0.664. The Bertz CT molecular complexity index is 915. The highest BCUT2D eigenvalue weighted by atomic mass is 32.2. The van der Waals surface area contributed by atoms with Crippen molar-refractivity contribution in [2.45, 2.75) is 5.09 Å². The van der Waals surface area contributed by atoms with Crippen LogP contribution in [0.25, 0.3) is 6.08 Å². The molecule has 0 atom stereocenters. The van der Waals surface area contributed by atoms with E-state index in [1.807, 2.05) is 36.4 Å². The fourth-order valence-electron chi connectivity index (χ4n) is 2.61. The van der Waals surface area contributed by atoms with Crippen LogP contribution in [0.2, 0.25) is 0 Å². The van der Waals surface area contributed by atoms with E-state index in [4.69, 9.17) is 26.1 Å². The molecule has 3 heterocycles. The highest BCUT2D eigenvalue weighted by Gasteiger charge is 2.24. The van der Waals surface area contributed by atoms with Crippen molar-refractivity contribution in [1.29, 1.82) is 0 Å². The standard InChI is InChI=1S/C19H16N2O4S2/c22-18-15(20-17(25-18)13-4-2-1-3-5-13)12-14-6-7-16(24-14)27-19(26)21-8-10-23-11-9-21/h1-7,12H,8-11H2/b15-12+. The van der Waals surface area contributed by atoms with Crippen LogP contribution in [0.1, 0.15) is 11.3 Å². The Morgan fingerprint density at radius 2 is 1.93 bits per heavy atom. The third-order valence-corrected chi connectivity index (χ3v) is 5.34. The van der Waals surface area contributed by atoms with Crippen LogP contribution in [-0.4, -0.2) is 47.4 Å². The molecular formula is C19H16N2O4S2. The van der Waals surface area contributed by atoms with Gasteiger partial charge in [-0.15, -0.1) is 0 Å². The van der Waals surface area contributed by atoms with Crippen LogP contribution in [0.4, 0.5) is 0 Å². The van der Waals surface area contributed by atoms with Crippen LogP contribution in [0, 0.1) is 0 Å². The third-order valence-electron chi connectivity index (χ3n) is 3.98. The molecule has 0 amide bonds. The predicted molar refractivity (Wildman–Crippen MR) is 107 cm³/mol. The normalized spacial score (nSPS) is 18.5. The number of carbonyl (C=O) groups excluding carboxylic acids is 1. The molecule has 2 aliphatic heterocycles. The number of hydrogen-bond acceptors (Lipinski definition) is 7. The van der Waals surface area contributed by atoms with Gasteiger partial charge in [0.15, 0.2) is 10.8 Å². The molecule has 2 aromatic rings. The average Bonchev–Trinajstić information content (AvgIpc) is 3.30. The quantitative estimate of drug-likeness (QED) is 0.339. The maximum Gasteiger partial charge on any atom is 0.363 e. The number of esters is 1. The van der Waals surface area contributed by atoms with E-state index >= 15 is 0 Å². The molecule has 1 fully saturated rings. The summed E-state index contributed by atoms with van der Waals surface area (Å²) in [5.74, 6) is 0.317. The van der Waals surface area contributed by atoms with Crippen molar-refractivity contribution < 1.29 is 18.7 Å². The zero-order chi connectivity index (χ0) is 18.6. The number of hydrogen-bond donors (Lipinski definition) is 0. The van der Waals surface area contributed by atoms with Crippen LogP contribution in [0.15, 0.2) is 62.7 Å². The van der Waals surface area contributed by atoms with E-state index in [1.165, 1.54) is 11.8 Å². The molecule has 0 spiro atoms. The van der Waals surface area contributed by atoms with E-state index in [2.05, 4.69) is 9.89 Å². The fourth-order valence-corrected chi connectivity index (χ4v) is 3.80. The Kier molecular flexibility index (Phi) is 5.38. The summed E-state index contributed by atoms with van der Waals surface area (Å²) in [7, 11) is 0. The van der Waals surface area contributed by atoms with Gasteiger partial charge in [-0.25, -0.2) is 9.79 Å². The first-order valence-corrected chi connectivity index (χ1v) is 9.64. The van der Waals surface area contributed by atoms with E-state index in [0.29, 0.717) is 30.0 Å². The van der Waals surface area contributed by atoms with Crippen molar-refractivity contribution in [3.8, 4) is 0 Å². The summed E-state index contributed by atoms with van der Waals surface area (Å²) >= 11 is 6.84. The first kappa shape index (κ1) is 18.0. The number of thiocarbonyl (C=S) groups is 1. The minimum atomic E-state index is -0.497. The molecule has 27 heavy (non-hydrogen) atoms. The van der Waals surface area contributed by atoms with E-state index in [-0.39, 0.29) is 5.70 Å². The largest absolute Gasteiger partial charge is 0.450 e. The summed E-state index contributed by atoms with van der Waals surface area (Å²) in [6, 6.07) is 12.9. The van der Waals surface area contributed by atoms with Gasteiger partial charge in [0.05, 0.1) is 13.2 Å². The van der Waals surface area contributed by atoms with E-state index < -0.39 is 5.97 Å². The summed E-state index contributed by atoms with van der Waals surface area (Å²) < 4.78 is 17.1. The highest BCUT2D eigenvalue weighted by molar-refractivity contribution is 8.22. The Morgan fingerprint density at radius 1 is 1.15 bits per heavy atom. The lowest BCUT2D eigenvalue weighted by molar-refractivity contribution is -0.129. The van der Waals surface area contributed by atoms with Gasteiger partial charge < -0.3 is 18.8 Å². The van der Waals surface area contributed by atoms with Gasteiger partial charge in [0, 0.05) is 24.7 Å². The number of nitrogens with zero attached hydrogens (tertiary/aromatic N) is 2. The van der Waals surface area contributed by atoms with Gasteiger partial charge in [0.1, 0.15) is 10.1 Å². The van der Waals surface area contributed by atoms with Gasteiger partial charge in [-0.05, 0) is 36.0 Å². The number of cyclic esters (lactones) is 1. The molecule has 1 aromatic heterocycles. The molecule has 8 heteroatoms. The number of carbonyl (C=O) groups is 1. The molecular weight excluding hydrogens is 384 g/mol. The number of thioether (sulfide) groups is 1. The Hall–Kier alpha value is -2.42. The summed E-state index contributed by atoms with van der Waals surface area (Å²) in [6.45, 7) is 2.93. The molecule has 0 unspecified atom stereocenters. The van der Waals surface area contributed by atoms with E-state index in [0.717, 1.165) is 23.0 Å². The molecule has 138 valence electrons. The lowest BCUT2D eigenvalue weighted by Gasteiger charge is -2.28. The van der Waals surface area contributed by atoms with Crippen LogP contribution in [0.5, 0.6) is 0 Å². The van der Waals surface area contributed by atoms with Crippen molar-refractivity contribution in [3.05, 3.63) is 59.5 Å². The van der Waals surface area contributed by atoms with Crippen LogP contribution >= 0.6 is 24.0 Å². The highest BCUT2D eigenvalue weighted by Crippen LogP contribution is 2.27. The van der Waals surface area contributed by atoms with Crippen LogP contribution in [-0.2, 0) is 14.3 Å². The maximum absolute atomic E-state index is 12.1. The molecule has 0 bridgehead atoms. The molecule has 2 aliphatic rings. The van der Waals surface area contributed by atoms with Crippen LogP contribution < -0.4 is 0 Å². The molecule has 0 radical (unpaired) electrons. The average molecular weight is 400 g/mol. The molecule has 4 rings (SSSR count). The van der Waals surface area contributed by atoms with Gasteiger partial charge >= 0.3 is 5.97 Å². The number of benzene rings is 1. The fraction of sp³-hybridized carbons (Fsp3) is 0.211. The Labute approximate surface area is 165 Å². The first-order valence-electron chi connectivity index (χ1n) is 8.41. The number of furan rings is 1. The van der Waals surface area contributed by atoms with E-state index in [1.54, 1.807) is 12.1 Å². The second kappa shape index (κ2) is 8.08. The van der Waals surface area contributed by atoms with Crippen molar-refractivity contribution in [1.82, 2.24) is 4.90 Å². The lowest BCUT2D eigenvalue weighted by atomic mass is 10.2. The monoisotopic (exact) mass is 400 g/mol. The number of rotatable bonds is 3. The minimum Gasteiger partial charge on any atom is -0.450 e. The molecule has 1 saturated heterocycles. The molecule has 6 nitrogen and oxygen atoms in total. The minimum absolute atomic E-state index is 0.204. The molecule has 0 N–H and O–H groups in total. The maximum atomic E-state index is 12.1. The molecule has 1 aromatic carbocycles. The first-order chi connectivity index (χ1) is 13.2. The van der Waals surface area contributed by atoms with Gasteiger partial charge in [0.2, 0.25) is 5.90 Å². The number of ether oxygens (including phenoxy) is 2. The zero-order valence-corrected chi connectivity index (χ0v) is 15.9. The predicted octanol–water partition coefficient (Wildman–Crippen LogP) is 3.33. The summed E-state index contributed by atoms with van der Waals surface area (Å²) in [5.41, 5.74) is 0.955. The number of morpholine rings is 1. The van der Waals surface area contributed by atoms with Crippen molar-refractivity contribution in [2.24, 2.45) is 4.99 Å². The van der Waals surface area contributed by atoms with E-state index in [9.17, 15) is 4.79 Å². The number of aliphatic imine (C=N–C) groups is 1. The lowest BCUT2D eigenvalue weighted by Crippen LogP contribution is -2.38. The van der Waals surface area contributed by atoms with Gasteiger partial charge in [-0.2, -0.15) is 0 Å². The summed E-state index contributed by atoms with van der Waals surface area (Å²) in [4.78, 5) is 18.4. The molecule has 0 saturated carbocycles. The van der Waals surface area contributed by atoms with Crippen molar-refractivity contribution >= 4 is 46.2 Å². The smallest absolute Gasteiger partial charge is 0.363 e. The van der Waals surface area contributed by atoms with Crippen molar-refractivity contribution in [3.63, 3.8) is 0 Å².